The summed E-state index contributed by atoms with van der Waals surface area (Å²) in [6, 6.07) is 4.38. The third-order valence-corrected chi connectivity index (χ3v) is 3.79. The lowest BCUT2D eigenvalue weighted by Gasteiger charge is -2.32. The number of alkyl halides is 3. The molecule has 1 aliphatic heterocycles. The van der Waals surface area contributed by atoms with E-state index >= 15 is 0 Å². The molecular weight excluding hydrogens is 297 g/mol. The van der Waals surface area contributed by atoms with E-state index < -0.39 is 12.0 Å². The van der Waals surface area contributed by atoms with Gasteiger partial charge in [-0.05, 0) is 25.2 Å². The molecule has 118 valence electrons. The number of benzene rings is 1. The Kier molecular flexibility index (Phi) is 3.56. The lowest BCUT2D eigenvalue weighted by Crippen LogP contribution is -2.47. The van der Waals surface area contributed by atoms with Crippen molar-refractivity contribution in [3.8, 4) is 0 Å². The molecule has 0 radical (unpaired) electrons. The van der Waals surface area contributed by atoms with Crippen molar-refractivity contribution in [2.24, 2.45) is 0 Å². The van der Waals surface area contributed by atoms with Crippen molar-refractivity contribution in [1.29, 1.82) is 0 Å². The molecule has 8 heteroatoms. The van der Waals surface area contributed by atoms with Gasteiger partial charge in [0.05, 0.1) is 11.0 Å². The van der Waals surface area contributed by atoms with Crippen molar-refractivity contribution in [1.82, 2.24) is 19.8 Å². The highest BCUT2D eigenvalue weighted by molar-refractivity contribution is 5.97. The zero-order chi connectivity index (χ0) is 15.9. The van der Waals surface area contributed by atoms with Gasteiger partial charge in [-0.15, -0.1) is 0 Å². The van der Waals surface area contributed by atoms with Gasteiger partial charge in [0.15, 0.2) is 0 Å². The van der Waals surface area contributed by atoms with Crippen molar-refractivity contribution < 1.29 is 18.0 Å². The Morgan fingerprint density at radius 2 is 1.91 bits per heavy atom. The van der Waals surface area contributed by atoms with Crippen molar-refractivity contribution in [3.63, 3.8) is 0 Å². The van der Waals surface area contributed by atoms with Crippen LogP contribution in [0.15, 0.2) is 18.2 Å². The van der Waals surface area contributed by atoms with E-state index in [1.54, 1.807) is 4.90 Å². The molecule has 0 saturated carbocycles. The van der Waals surface area contributed by atoms with Gasteiger partial charge >= 0.3 is 6.18 Å². The second-order valence-corrected chi connectivity index (χ2v) is 5.41. The third kappa shape index (κ3) is 2.78. The number of rotatable bonds is 1. The Bertz CT molecular complexity index is 702. The zero-order valence-corrected chi connectivity index (χ0v) is 11.9. The van der Waals surface area contributed by atoms with Crippen LogP contribution in [0.4, 0.5) is 13.2 Å². The second-order valence-electron chi connectivity index (χ2n) is 5.41. The molecule has 1 saturated heterocycles. The first-order valence-electron chi connectivity index (χ1n) is 6.89. The topological polar surface area (TPSA) is 52.2 Å². The molecule has 0 unspecified atom stereocenters. The van der Waals surface area contributed by atoms with Crippen LogP contribution >= 0.6 is 0 Å². The fraction of sp³-hybridized carbons (Fsp3) is 0.429. The first kappa shape index (κ1) is 14.8. The van der Waals surface area contributed by atoms with Crippen LogP contribution in [0.5, 0.6) is 0 Å². The standard InChI is InChI=1S/C14H15F3N4O/c1-20-4-6-21(7-5-20)12(22)9-2-3-10-11(8-9)19-13(18-10)14(15,16)17/h2-3,8H,4-7H2,1H3,(H,18,19). The number of hydrogen-bond donors (Lipinski definition) is 1. The van der Waals surface area contributed by atoms with Crippen LogP contribution in [-0.4, -0.2) is 58.9 Å². The number of nitrogens with one attached hydrogen (secondary N) is 1. The third-order valence-electron chi connectivity index (χ3n) is 3.79. The number of H-pyrrole nitrogens is 1. The normalized spacial score (nSPS) is 17.2. The lowest BCUT2D eigenvalue weighted by atomic mass is 10.1. The maximum absolute atomic E-state index is 12.6. The number of piperazine rings is 1. The second kappa shape index (κ2) is 5.28. The average Bonchev–Trinajstić information content (AvgIpc) is 2.90. The highest BCUT2D eigenvalue weighted by Gasteiger charge is 2.34. The molecule has 0 atom stereocenters. The summed E-state index contributed by atoms with van der Waals surface area (Å²) in [7, 11) is 1.98. The zero-order valence-electron chi connectivity index (χ0n) is 11.9. The van der Waals surface area contributed by atoms with Gasteiger partial charge in [-0.2, -0.15) is 13.2 Å². The number of aromatic amines is 1. The smallest absolute Gasteiger partial charge is 0.336 e. The van der Waals surface area contributed by atoms with Crippen LogP contribution < -0.4 is 0 Å². The maximum atomic E-state index is 12.6. The van der Waals surface area contributed by atoms with Gasteiger partial charge in [0.25, 0.3) is 5.91 Å². The van der Waals surface area contributed by atoms with Crippen LogP contribution in [0, 0.1) is 0 Å². The molecular formula is C14H15F3N4O. The van der Waals surface area contributed by atoms with E-state index in [0.29, 0.717) is 18.7 Å². The monoisotopic (exact) mass is 312 g/mol. The number of carbonyl (C=O) groups is 1. The summed E-state index contributed by atoms with van der Waals surface area (Å²) >= 11 is 0. The molecule has 1 fully saturated rings. The Labute approximate surface area is 124 Å². The van der Waals surface area contributed by atoms with Gasteiger partial charge in [-0.3, -0.25) is 4.79 Å². The van der Waals surface area contributed by atoms with Crippen LogP contribution in [0.25, 0.3) is 11.0 Å². The van der Waals surface area contributed by atoms with Crippen LogP contribution in [-0.2, 0) is 6.18 Å². The minimum atomic E-state index is -4.53. The number of fused-ring (bicyclic) bond motifs is 1. The van der Waals surface area contributed by atoms with Crippen molar-refractivity contribution in [2.75, 3.05) is 33.2 Å². The lowest BCUT2D eigenvalue weighted by molar-refractivity contribution is -0.144. The van der Waals surface area contributed by atoms with E-state index in [1.165, 1.54) is 18.2 Å². The number of nitrogens with zero attached hydrogens (tertiary/aromatic N) is 3. The van der Waals surface area contributed by atoms with Crippen LogP contribution in [0.3, 0.4) is 0 Å². The van der Waals surface area contributed by atoms with E-state index in [2.05, 4.69) is 14.9 Å². The molecule has 3 rings (SSSR count). The SMILES string of the molecule is CN1CCN(C(=O)c2ccc3nc(C(F)(F)F)[nH]c3c2)CC1. The van der Waals surface area contributed by atoms with E-state index in [4.69, 9.17) is 0 Å². The molecule has 0 bridgehead atoms. The first-order chi connectivity index (χ1) is 10.3. The van der Waals surface area contributed by atoms with E-state index in [0.717, 1.165) is 13.1 Å². The summed E-state index contributed by atoms with van der Waals surface area (Å²) in [6.45, 7) is 2.81. The summed E-state index contributed by atoms with van der Waals surface area (Å²) in [5.74, 6) is -1.22. The summed E-state index contributed by atoms with van der Waals surface area (Å²) < 4.78 is 37.9. The van der Waals surface area contributed by atoms with Gasteiger partial charge in [-0.25, -0.2) is 4.98 Å². The minimum Gasteiger partial charge on any atom is -0.336 e. The highest BCUT2D eigenvalue weighted by Crippen LogP contribution is 2.28. The van der Waals surface area contributed by atoms with Crippen molar-refractivity contribution in [2.45, 2.75) is 6.18 Å². The van der Waals surface area contributed by atoms with Gasteiger partial charge < -0.3 is 14.8 Å². The molecule has 0 aliphatic carbocycles. The molecule has 2 heterocycles. The molecule has 5 nitrogen and oxygen atoms in total. The number of hydrogen-bond acceptors (Lipinski definition) is 3. The predicted molar refractivity (Wildman–Crippen MR) is 74.5 cm³/mol. The quantitative estimate of drug-likeness (QED) is 0.876. The van der Waals surface area contributed by atoms with E-state index in [1.807, 2.05) is 7.05 Å². The van der Waals surface area contributed by atoms with Crippen LogP contribution in [0.1, 0.15) is 16.2 Å². The average molecular weight is 312 g/mol. The fourth-order valence-corrected chi connectivity index (χ4v) is 2.47. The molecule has 1 N–H and O–H groups in total. The van der Waals surface area contributed by atoms with E-state index in [-0.39, 0.29) is 16.9 Å². The van der Waals surface area contributed by atoms with Gasteiger partial charge in [0.2, 0.25) is 5.82 Å². The maximum Gasteiger partial charge on any atom is 0.449 e. The Morgan fingerprint density at radius 3 is 2.55 bits per heavy atom. The number of aromatic nitrogens is 2. The number of imidazole rings is 1. The highest BCUT2D eigenvalue weighted by atomic mass is 19.4. The molecule has 1 aromatic carbocycles. The summed E-state index contributed by atoms with van der Waals surface area (Å²) in [6.07, 6.45) is -4.53. The predicted octanol–water partition coefficient (Wildman–Crippen LogP) is 1.97. The first-order valence-corrected chi connectivity index (χ1v) is 6.89. The molecule has 1 amide bonds. The summed E-state index contributed by atoms with van der Waals surface area (Å²) in [5, 5.41) is 0. The number of likely N-dealkylation sites (N-methyl/N-ethyl adjacent to an activating group) is 1. The number of halogens is 3. The molecule has 1 aromatic heterocycles. The Morgan fingerprint density at radius 1 is 1.23 bits per heavy atom. The molecule has 2 aromatic rings. The largest absolute Gasteiger partial charge is 0.449 e. The van der Waals surface area contributed by atoms with Crippen molar-refractivity contribution >= 4 is 16.9 Å². The van der Waals surface area contributed by atoms with Gasteiger partial charge in [-0.1, -0.05) is 0 Å². The van der Waals surface area contributed by atoms with Crippen LogP contribution in [0.2, 0.25) is 0 Å². The fourth-order valence-electron chi connectivity index (χ4n) is 2.47. The van der Waals surface area contributed by atoms with Gasteiger partial charge in [0, 0.05) is 31.7 Å². The Hall–Kier alpha value is -2.09. The van der Waals surface area contributed by atoms with Gasteiger partial charge in [0.1, 0.15) is 0 Å². The van der Waals surface area contributed by atoms with Crippen molar-refractivity contribution in [3.05, 3.63) is 29.6 Å². The Balaban J connectivity index is 1.87. The molecule has 0 spiro atoms. The number of carbonyl (C=O) groups excluding carboxylic acids is 1. The van der Waals surface area contributed by atoms with E-state index in [9.17, 15) is 18.0 Å². The summed E-state index contributed by atoms with van der Waals surface area (Å²) in [5.41, 5.74) is 0.781. The summed E-state index contributed by atoms with van der Waals surface area (Å²) in [4.78, 5) is 22.0. The molecule has 22 heavy (non-hydrogen) atoms. The minimum absolute atomic E-state index is 0.168. The molecule has 1 aliphatic rings. The number of amides is 1.